The van der Waals surface area contributed by atoms with Gasteiger partial charge in [0.1, 0.15) is 0 Å². The van der Waals surface area contributed by atoms with Crippen LogP contribution in [0.3, 0.4) is 0 Å². The number of nitro benzene ring substituents is 1. The van der Waals surface area contributed by atoms with Gasteiger partial charge in [0.2, 0.25) is 0 Å². The van der Waals surface area contributed by atoms with E-state index in [1.54, 1.807) is 12.1 Å². The van der Waals surface area contributed by atoms with Crippen LogP contribution < -0.4 is 5.32 Å². The molecule has 1 aliphatic heterocycles. The molecule has 112 valence electrons. The number of rotatable bonds is 3. The molecule has 1 amide bonds. The van der Waals surface area contributed by atoms with Crippen molar-refractivity contribution < 1.29 is 9.72 Å². The van der Waals surface area contributed by atoms with E-state index in [2.05, 4.69) is 20.6 Å². The second-order valence-corrected chi connectivity index (χ2v) is 5.40. The van der Waals surface area contributed by atoms with Crippen molar-refractivity contribution in [1.82, 2.24) is 20.3 Å². The fourth-order valence-corrected chi connectivity index (χ4v) is 2.54. The number of carbonyl (C=O) groups excluding carboxylic acids is 1. The average Bonchev–Trinajstić information content (AvgIpc) is 3.18. The largest absolute Gasteiger partial charge is 0.300 e. The Morgan fingerprint density at radius 1 is 1.45 bits per heavy atom. The molecular weight excluding hydrogens is 308 g/mol. The molecule has 0 saturated carbocycles. The Labute approximate surface area is 128 Å². The molecule has 0 radical (unpaired) electrons. The number of aliphatic imine (C=N–C) groups is 1. The first-order valence-electron chi connectivity index (χ1n) is 6.29. The first kappa shape index (κ1) is 14.2. The topological polar surface area (TPSA) is 115 Å². The van der Waals surface area contributed by atoms with Gasteiger partial charge in [-0.15, -0.1) is 5.10 Å². The smallest absolute Gasteiger partial charge is 0.279 e. The fraction of sp³-hybridized carbons (Fsp3) is 0.167. The number of benzene rings is 1. The summed E-state index contributed by atoms with van der Waals surface area (Å²) in [6.07, 6.45) is 1.41. The maximum Gasteiger partial charge on any atom is 0.279 e. The summed E-state index contributed by atoms with van der Waals surface area (Å²) in [5.74, 6) is 0.431. The zero-order valence-electron chi connectivity index (χ0n) is 11.2. The predicted octanol–water partition coefficient (Wildman–Crippen LogP) is 1.01. The Bertz CT molecular complexity index is 772. The van der Waals surface area contributed by atoms with Gasteiger partial charge in [-0.25, -0.2) is 4.68 Å². The summed E-state index contributed by atoms with van der Waals surface area (Å²) >= 11 is 1.46. The Morgan fingerprint density at radius 2 is 2.32 bits per heavy atom. The molecule has 2 heterocycles. The van der Waals surface area contributed by atoms with Gasteiger partial charge >= 0.3 is 0 Å². The van der Waals surface area contributed by atoms with Crippen molar-refractivity contribution in [2.45, 2.75) is 0 Å². The average molecular weight is 318 g/mol. The second kappa shape index (κ2) is 5.93. The van der Waals surface area contributed by atoms with Gasteiger partial charge in [-0.3, -0.25) is 25.2 Å². The Morgan fingerprint density at radius 3 is 3.05 bits per heavy atom. The zero-order chi connectivity index (χ0) is 15.5. The standard InChI is InChI=1S/C12H10N6O3S/c19-11(14-12-13-4-5-22-12)10-7-17(16-15-10)8-2-1-3-9(6-8)18(20)21/h1-3,6-7H,4-5H2,(H,13,14,19). The fourth-order valence-electron chi connectivity index (χ4n) is 1.82. The number of amidine groups is 1. The maximum atomic E-state index is 12.0. The highest BCUT2D eigenvalue weighted by molar-refractivity contribution is 8.14. The molecule has 10 heteroatoms. The zero-order valence-corrected chi connectivity index (χ0v) is 12.0. The second-order valence-electron chi connectivity index (χ2n) is 4.31. The van der Waals surface area contributed by atoms with E-state index in [-0.39, 0.29) is 11.4 Å². The highest BCUT2D eigenvalue weighted by atomic mass is 32.2. The molecule has 22 heavy (non-hydrogen) atoms. The first-order valence-corrected chi connectivity index (χ1v) is 7.28. The summed E-state index contributed by atoms with van der Waals surface area (Å²) in [7, 11) is 0. The van der Waals surface area contributed by atoms with Crippen molar-refractivity contribution in [1.29, 1.82) is 0 Å². The van der Waals surface area contributed by atoms with Gasteiger partial charge in [-0.05, 0) is 6.07 Å². The van der Waals surface area contributed by atoms with Gasteiger partial charge in [0.05, 0.1) is 23.4 Å². The molecule has 9 nitrogen and oxygen atoms in total. The molecule has 1 N–H and O–H groups in total. The summed E-state index contributed by atoms with van der Waals surface area (Å²) in [6.45, 7) is 0.681. The molecule has 0 spiro atoms. The number of non-ortho nitro benzene ring substituents is 1. The van der Waals surface area contributed by atoms with Gasteiger partial charge in [-0.2, -0.15) is 0 Å². The lowest BCUT2D eigenvalue weighted by Crippen LogP contribution is -2.27. The van der Waals surface area contributed by atoms with Gasteiger partial charge in [0.15, 0.2) is 10.9 Å². The molecule has 1 aliphatic rings. The maximum absolute atomic E-state index is 12.0. The number of nitrogens with zero attached hydrogens (tertiary/aromatic N) is 5. The van der Waals surface area contributed by atoms with Crippen molar-refractivity contribution in [2.24, 2.45) is 4.99 Å². The molecule has 1 aromatic carbocycles. The molecule has 0 saturated heterocycles. The quantitative estimate of drug-likeness (QED) is 0.667. The molecule has 0 atom stereocenters. The van der Waals surface area contributed by atoms with E-state index < -0.39 is 10.8 Å². The summed E-state index contributed by atoms with van der Waals surface area (Å²) in [6, 6.07) is 5.91. The van der Waals surface area contributed by atoms with E-state index in [1.165, 1.54) is 34.8 Å². The lowest BCUT2D eigenvalue weighted by Gasteiger charge is -2.00. The Hall–Kier alpha value is -2.75. The van der Waals surface area contributed by atoms with E-state index in [9.17, 15) is 14.9 Å². The number of hydrogen-bond donors (Lipinski definition) is 1. The third-order valence-electron chi connectivity index (χ3n) is 2.84. The van der Waals surface area contributed by atoms with Crippen molar-refractivity contribution >= 4 is 28.5 Å². The van der Waals surface area contributed by atoms with Crippen molar-refractivity contribution in [2.75, 3.05) is 12.3 Å². The number of nitro groups is 1. The SMILES string of the molecule is O=C(NC1=NCCS1)c1cn(-c2cccc([N+](=O)[O-])c2)nn1. The van der Waals surface area contributed by atoms with E-state index >= 15 is 0 Å². The van der Waals surface area contributed by atoms with Gasteiger partial charge in [0, 0.05) is 17.9 Å². The highest BCUT2D eigenvalue weighted by Gasteiger charge is 2.16. The summed E-state index contributed by atoms with van der Waals surface area (Å²) in [5.41, 5.74) is 0.505. The van der Waals surface area contributed by atoms with Crippen molar-refractivity contribution in [3.8, 4) is 5.69 Å². The van der Waals surface area contributed by atoms with Crippen molar-refractivity contribution in [3.63, 3.8) is 0 Å². The van der Waals surface area contributed by atoms with E-state index in [4.69, 9.17) is 0 Å². The minimum absolute atomic E-state index is 0.0595. The van der Waals surface area contributed by atoms with Crippen LogP contribution in [-0.4, -0.2) is 43.3 Å². The number of amides is 1. The van der Waals surface area contributed by atoms with Crippen LogP contribution in [0.2, 0.25) is 0 Å². The molecule has 2 aromatic rings. The number of hydrogen-bond acceptors (Lipinski definition) is 7. The summed E-state index contributed by atoms with van der Waals surface area (Å²) < 4.78 is 1.31. The minimum Gasteiger partial charge on any atom is -0.300 e. The minimum atomic E-state index is -0.497. The molecule has 0 bridgehead atoms. The van der Waals surface area contributed by atoms with E-state index in [0.717, 1.165) is 5.75 Å². The van der Waals surface area contributed by atoms with E-state index in [0.29, 0.717) is 17.4 Å². The first-order chi connectivity index (χ1) is 10.6. The Balaban J connectivity index is 1.79. The normalized spacial score (nSPS) is 13.7. The van der Waals surface area contributed by atoms with Gasteiger partial charge in [0.25, 0.3) is 11.6 Å². The van der Waals surface area contributed by atoms with Gasteiger partial charge < -0.3 is 0 Å². The summed E-state index contributed by atoms with van der Waals surface area (Å²) in [5, 5.41) is 21.6. The Kier molecular flexibility index (Phi) is 3.83. The third kappa shape index (κ3) is 2.96. The molecule has 3 rings (SSSR count). The van der Waals surface area contributed by atoms with Crippen molar-refractivity contribution in [3.05, 3.63) is 46.3 Å². The van der Waals surface area contributed by atoms with Crippen LogP contribution in [0.5, 0.6) is 0 Å². The van der Waals surface area contributed by atoms with Crippen LogP contribution in [0, 0.1) is 10.1 Å². The van der Waals surface area contributed by atoms with Crippen LogP contribution in [0.4, 0.5) is 5.69 Å². The number of thioether (sulfide) groups is 1. The van der Waals surface area contributed by atoms with Gasteiger partial charge in [-0.1, -0.05) is 23.0 Å². The van der Waals surface area contributed by atoms with Crippen LogP contribution in [0.25, 0.3) is 5.69 Å². The monoisotopic (exact) mass is 318 g/mol. The molecular formula is C12H10N6O3S. The molecule has 0 unspecified atom stereocenters. The predicted molar refractivity (Wildman–Crippen MR) is 80.2 cm³/mol. The lowest BCUT2D eigenvalue weighted by atomic mass is 10.3. The third-order valence-corrected chi connectivity index (χ3v) is 3.73. The van der Waals surface area contributed by atoms with Crippen LogP contribution in [0.1, 0.15) is 10.5 Å². The summed E-state index contributed by atoms with van der Waals surface area (Å²) in [4.78, 5) is 26.4. The molecule has 0 fully saturated rings. The number of nitrogens with one attached hydrogen (secondary N) is 1. The van der Waals surface area contributed by atoms with Crippen LogP contribution >= 0.6 is 11.8 Å². The molecule has 0 aliphatic carbocycles. The van der Waals surface area contributed by atoms with E-state index in [1.807, 2.05) is 0 Å². The highest BCUT2D eigenvalue weighted by Crippen LogP contribution is 2.16. The number of carbonyl (C=O) groups is 1. The van der Waals surface area contributed by atoms with Crippen LogP contribution in [-0.2, 0) is 0 Å². The molecule has 1 aromatic heterocycles. The lowest BCUT2D eigenvalue weighted by molar-refractivity contribution is -0.384. The number of aromatic nitrogens is 3. The van der Waals surface area contributed by atoms with Crippen LogP contribution in [0.15, 0.2) is 35.5 Å².